The Morgan fingerprint density at radius 2 is 2.00 bits per heavy atom. The lowest BCUT2D eigenvalue weighted by Gasteiger charge is -2.32. The summed E-state index contributed by atoms with van der Waals surface area (Å²) in [5, 5.41) is 3.41. The van der Waals surface area contributed by atoms with Gasteiger partial charge in [-0.25, -0.2) is 0 Å². The zero-order valence-electron chi connectivity index (χ0n) is 13.2. The average Bonchev–Trinajstić information content (AvgIpc) is 2.48. The highest BCUT2D eigenvalue weighted by Gasteiger charge is 2.25. The van der Waals surface area contributed by atoms with Crippen LogP contribution >= 0.6 is 0 Å². The molecule has 1 N–H and O–H groups in total. The topological polar surface area (TPSA) is 21.3 Å². The van der Waals surface area contributed by atoms with Crippen LogP contribution in [0.3, 0.4) is 0 Å². The molecular formula is C18H29NO. The molecule has 0 radical (unpaired) electrons. The average molecular weight is 275 g/mol. The molecule has 112 valence electrons. The van der Waals surface area contributed by atoms with Gasteiger partial charge in [0.15, 0.2) is 0 Å². The molecule has 0 bridgehead atoms. The summed E-state index contributed by atoms with van der Waals surface area (Å²) >= 11 is 0. The summed E-state index contributed by atoms with van der Waals surface area (Å²) in [7, 11) is 0. The van der Waals surface area contributed by atoms with Gasteiger partial charge in [-0.1, -0.05) is 38.0 Å². The van der Waals surface area contributed by atoms with Crippen molar-refractivity contribution >= 4 is 0 Å². The number of hydrogen-bond acceptors (Lipinski definition) is 2. The lowest BCUT2D eigenvalue weighted by Crippen LogP contribution is -2.30. The fourth-order valence-electron chi connectivity index (χ4n) is 3.18. The molecule has 1 aromatic carbocycles. The monoisotopic (exact) mass is 275 g/mol. The van der Waals surface area contributed by atoms with Gasteiger partial charge >= 0.3 is 0 Å². The minimum absolute atomic E-state index is 0.414. The first-order chi connectivity index (χ1) is 9.74. The van der Waals surface area contributed by atoms with E-state index in [1.54, 1.807) is 0 Å². The molecule has 2 heteroatoms. The van der Waals surface area contributed by atoms with Crippen LogP contribution in [0.25, 0.3) is 0 Å². The third-order valence-electron chi connectivity index (χ3n) is 4.42. The molecule has 1 aliphatic rings. The number of hydrogen-bond donors (Lipinski definition) is 1. The van der Waals surface area contributed by atoms with Gasteiger partial charge in [0.05, 0.1) is 0 Å². The van der Waals surface area contributed by atoms with Crippen molar-refractivity contribution in [1.29, 1.82) is 0 Å². The molecule has 1 aliphatic carbocycles. The Morgan fingerprint density at radius 1 is 1.20 bits per heavy atom. The molecular weight excluding hydrogens is 246 g/mol. The maximum Gasteiger partial charge on any atom is 0.124 e. The lowest BCUT2D eigenvalue weighted by atomic mass is 9.84. The lowest BCUT2D eigenvalue weighted by molar-refractivity contribution is 0.0893. The van der Waals surface area contributed by atoms with Crippen molar-refractivity contribution in [2.24, 2.45) is 5.92 Å². The van der Waals surface area contributed by atoms with E-state index in [2.05, 4.69) is 44.3 Å². The van der Waals surface area contributed by atoms with Crippen LogP contribution in [-0.2, 0) is 6.54 Å². The molecule has 0 aromatic heterocycles. The van der Waals surface area contributed by atoms with Gasteiger partial charge in [0.2, 0.25) is 0 Å². The van der Waals surface area contributed by atoms with Crippen molar-refractivity contribution < 1.29 is 4.74 Å². The Morgan fingerprint density at radius 3 is 2.75 bits per heavy atom. The largest absolute Gasteiger partial charge is 0.490 e. The van der Waals surface area contributed by atoms with Crippen molar-refractivity contribution in [3.63, 3.8) is 0 Å². The van der Waals surface area contributed by atoms with Crippen LogP contribution in [0.1, 0.15) is 57.1 Å². The van der Waals surface area contributed by atoms with Crippen molar-refractivity contribution in [2.45, 2.75) is 65.5 Å². The first-order valence-electron chi connectivity index (χ1n) is 8.21. The van der Waals surface area contributed by atoms with Crippen LogP contribution in [0.5, 0.6) is 5.75 Å². The summed E-state index contributed by atoms with van der Waals surface area (Å²) in [6.07, 6.45) is 6.88. The Balaban J connectivity index is 2.10. The Labute approximate surface area is 123 Å². The number of nitrogens with one attached hydrogen (secondary N) is 1. The zero-order chi connectivity index (χ0) is 14.4. The molecule has 2 rings (SSSR count). The van der Waals surface area contributed by atoms with E-state index in [1.807, 2.05) is 0 Å². The summed E-state index contributed by atoms with van der Waals surface area (Å²) in [5.74, 6) is 1.82. The number of ether oxygens (including phenoxy) is 1. The second kappa shape index (κ2) is 7.68. The number of aryl methyl sites for hydroxylation is 1. The fraction of sp³-hybridized carbons (Fsp3) is 0.667. The van der Waals surface area contributed by atoms with E-state index in [4.69, 9.17) is 4.74 Å². The summed E-state index contributed by atoms with van der Waals surface area (Å²) in [5.41, 5.74) is 2.60. The van der Waals surface area contributed by atoms with E-state index in [9.17, 15) is 0 Å². The molecule has 0 aliphatic heterocycles. The summed E-state index contributed by atoms with van der Waals surface area (Å²) < 4.78 is 6.40. The van der Waals surface area contributed by atoms with Gasteiger partial charge in [0, 0.05) is 12.1 Å². The second-order valence-electron chi connectivity index (χ2n) is 6.00. The maximum atomic E-state index is 6.40. The van der Waals surface area contributed by atoms with Crippen LogP contribution < -0.4 is 10.1 Å². The fourth-order valence-corrected chi connectivity index (χ4v) is 3.18. The van der Waals surface area contributed by atoms with Gasteiger partial charge in [-0.05, 0) is 51.1 Å². The van der Waals surface area contributed by atoms with Gasteiger partial charge in [-0.3, -0.25) is 0 Å². The molecule has 2 unspecified atom stereocenters. The second-order valence-corrected chi connectivity index (χ2v) is 6.00. The minimum Gasteiger partial charge on any atom is -0.490 e. The molecule has 0 heterocycles. The van der Waals surface area contributed by atoms with Crippen LogP contribution in [0.4, 0.5) is 0 Å². The van der Waals surface area contributed by atoms with Crippen LogP contribution in [0.15, 0.2) is 18.2 Å². The van der Waals surface area contributed by atoms with Gasteiger partial charge in [0.1, 0.15) is 11.9 Å². The predicted octanol–water partition coefficient (Wildman–Crippen LogP) is 4.45. The van der Waals surface area contributed by atoms with E-state index in [-0.39, 0.29) is 0 Å². The van der Waals surface area contributed by atoms with E-state index in [1.165, 1.54) is 43.2 Å². The molecule has 2 nitrogen and oxygen atoms in total. The summed E-state index contributed by atoms with van der Waals surface area (Å²) in [4.78, 5) is 0. The van der Waals surface area contributed by atoms with Crippen molar-refractivity contribution in [2.75, 3.05) is 6.54 Å². The third kappa shape index (κ3) is 3.99. The molecule has 1 fully saturated rings. The highest BCUT2D eigenvalue weighted by Crippen LogP contribution is 2.32. The maximum absolute atomic E-state index is 6.40. The predicted molar refractivity (Wildman–Crippen MR) is 85.2 cm³/mol. The first-order valence-corrected chi connectivity index (χ1v) is 8.21. The third-order valence-corrected chi connectivity index (χ3v) is 4.42. The molecule has 1 saturated carbocycles. The summed E-state index contributed by atoms with van der Waals surface area (Å²) in [6, 6.07) is 6.57. The van der Waals surface area contributed by atoms with E-state index >= 15 is 0 Å². The van der Waals surface area contributed by atoms with Gasteiger partial charge in [-0.2, -0.15) is 0 Å². The van der Waals surface area contributed by atoms with Crippen molar-refractivity contribution in [3.05, 3.63) is 29.3 Å². The van der Waals surface area contributed by atoms with E-state index in [0.29, 0.717) is 6.10 Å². The van der Waals surface area contributed by atoms with Gasteiger partial charge in [-0.15, -0.1) is 0 Å². The van der Waals surface area contributed by atoms with Gasteiger partial charge in [0.25, 0.3) is 0 Å². The standard InChI is InChI=1S/C18H29NO/c1-4-15-8-6-7-9-17(15)20-18-11-10-14(3)12-16(18)13-19-5-2/h10-12,15,17,19H,4-9,13H2,1-3H3. The Bertz CT molecular complexity index is 416. The number of benzene rings is 1. The SMILES string of the molecule is CCNCc1cc(C)ccc1OC1CCCCC1CC. The van der Waals surface area contributed by atoms with Crippen molar-refractivity contribution in [3.8, 4) is 5.75 Å². The first kappa shape index (κ1) is 15.4. The van der Waals surface area contributed by atoms with E-state index in [0.717, 1.165) is 24.8 Å². The van der Waals surface area contributed by atoms with Crippen LogP contribution in [0.2, 0.25) is 0 Å². The highest BCUT2D eigenvalue weighted by atomic mass is 16.5. The molecule has 0 spiro atoms. The molecule has 1 aromatic rings. The Hall–Kier alpha value is -1.02. The van der Waals surface area contributed by atoms with Gasteiger partial charge < -0.3 is 10.1 Å². The molecule has 20 heavy (non-hydrogen) atoms. The Kier molecular flexibility index (Phi) is 5.90. The summed E-state index contributed by atoms with van der Waals surface area (Å²) in [6.45, 7) is 8.48. The molecule has 0 saturated heterocycles. The zero-order valence-corrected chi connectivity index (χ0v) is 13.2. The molecule has 2 atom stereocenters. The smallest absolute Gasteiger partial charge is 0.124 e. The highest BCUT2D eigenvalue weighted by molar-refractivity contribution is 5.37. The minimum atomic E-state index is 0.414. The van der Waals surface area contributed by atoms with E-state index < -0.39 is 0 Å². The molecule has 0 amide bonds. The number of rotatable bonds is 6. The van der Waals surface area contributed by atoms with Crippen LogP contribution in [-0.4, -0.2) is 12.6 Å². The quantitative estimate of drug-likeness (QED) is 0.828. The van der Waals surface area contributed by atoms with Crippen molar-refractivity contribution in [1.82, 2.24) is 5.32 Å². The normalized spacial score (nSPS) is 22.8. The van der Waals surface area contributed by atoms with Crippen LogP contribution in [0, 0.1) is 12.8 Å².